The van der Waals surface area contributed by atoms with Crippen molar-refractivity contribution in [2.75, 3.05) is 0 Å². The van der Waals surface area contributed by atoms with Gasteiger partial charge in [0.1, 0.15) is 11.6 Å². The molecule has 5 heteroatoms. The van der Waals surface area contributed by atoms with Crippen LogP contribution in [-0.2, 0) is 0 Å². The molecule has 0 atom stereocenters. The number of rotatable bonds is 2. The molecule has 1 aromatic carbocycles. The van der Waals surface area contributed by atoms with E-state index in [0.717, 1.165) is 27.5 Å². The Morgan fingerprint density at radius 1 is 1.29 bits per heavy atom. The minimum absolute atomic E-state index is 0.237. The summed E-state index contributed by atoms with van der Waals surface area (Å²) in [6.07, 6.45) is 0. The zero-order valence-corrected chi connectivity index (χ0v) is 11.2. The van der Waals surface area contributed by atoms with E-state index in [-0.39, 0.29) is 5.56 Å². The van der Waals surface area contributed by atoms with Crippen molar-refractivity contribution in [3.8, 4) is 0 Å². The molecule has 0 amide bonds. The lowest BCUT2D eigenvalue weighted by atomic mass is 10.1. The molecule has 0 aliphatic heterocycles. The first kappa shape index (κ1) is 12.4. The van der Waals surface area contributed by atoms with Crippen molar-refractivity contribution in [3.63, 3.8) is 0 Å². The lowest BCUT2D eigenvalue weighted by Crippen LogP contribution is -2.02. The van der Waals surface area contributed by atoms with Gasteiger partial charge in [-0.05, 0) is 52.7 Å². The number of ketones is 1. The summed E-state index contributed by atoms with van der Waals surface area (Å²) in [6.45, 7) is 1.83. The molecular weight excluding hydrogens is 310 g/mol. The predicted octanol–water partition coefficient (Wildman–Crippen LogP) is 4.33. The number of thiophene rings is 1. The molecule has 17 heavy (non-hydrogen) atoms. The zero-order chi connectivity index (χ0) is 12.6. The van der Waals surface area contributed by atoms with Crippen LogP contribution in [-0.4, -0.2) is 5.78 Å². The fraction of sp³-hybridized carbons (Fsp3) is 0.0833. The standard InChI is InChI=1S/C12H7BrF2OS/c1-6-4-10(17-12(6)13)11(16)8-5-7(14)2-3-9(8)15/h2-5H,1H3. The molecule has 1 heterocycles. The number of hydrogen-bond donors (Lipinski definition) is 0. The predicted molar refractivity (Wildman–Crippen MR) is 66.5 cm³/mol. The van der Waals surface area contributed by atoms with Crippen LogP contribution in [0.2, 0.25) is 0 Å². The number of hydrogen-bond acceptors (Lipinski definition) is 2. The molecule has 88 valence electrons. The first-order valence-corrected chi connectivity index (χ1v) is 6.35. The van der Waals surface area contributed by atoms with Gasteiger partial charge in [-0.25, -0.2) is 8.78 Å². The average Bonchev–Trinajstić information content (AvgIpc) is 2.62. The molecule has 1 nitrogen and oxygen atoms in total. The van der Waals surface area contributed by atoms with Crippen LogP contribution in [0.5, 0.6) is 0 Å². The summed E-state index contributed by atoms with van der Waals surface area (Å²) >= 11 is 4.50. The number of benzene rings is 1. The second-order valence-electron chi connectivity index (χ2n) is 3.52. The summed E-state index contributed by atoms with van der Waals surface area (Å²) in [7, 11) is 0. The summed E-state index contributed by atoms with van der Waals surface area (Å²) in [5.74, 6) is -1.83. The van der Waals surface area contributed by atoms with Gasteiger partial charge in [-0.3, -0.25) is 4.79 Å². The van der Waals surface area contributed by atoms with E-state index in [1.807, 2.05) is 6.92 Å². The Morgan fingerprint density at radius 2 is 2.00 bits per heavy atom. The SMILES string of the molecule is Cc1cc(C(=O)c2cc(F)ccc2F)sc1Br. The van der Waals surface area contributed by atoms with Gasteiger partial charge in [0.15, 0.2) is 0 Å². The minimum atomic E-state index is -0.710. The quantitative estimate of drug-likeness (QED) is 0.754. The number of carbonyl (C=O) groups is 1. The smallest absolute Gasteiger partial charge is 0.206 e. The molecule has 2 rings (SSSR count). The van der Waals surface area contributed by atoms with E-state index in [0.29, 0.717) is 4.88 Å². The molecule has 1 aromatic heterocycles. The number of halogens is 3. The van der Waals surface area contributed by atoms with E-state index in [2.05, 4.69) is 15.9 Å². The van der Waals surface area contributed by atoms with E-state index in [4.69, 9.17) is 0 Å². The van der Waals surface area contributed by atoms with Crippen molar-refractivity contribution in [2.24, 2.45) is 0 Å². The summed E-state index contributed by atoms with van der Waals surface area (Å²) in [4.78, 5) is 12.4. The molecule has 0 aliphatic rings. The van der Waals surface area contributed by atoms with E-state index in [1.165, 1.54) is 11.3 Å². The van der Waals surface area contributed by atoms with Crippen molar-refractivity contribution >= 4 is 33.0 Å². The highest BCUT2D eigenvalue weighted by Crippen LogP contribution is 2.29. The number of carbonyl (C=O) groups excluding carboxylic acids is 1. The molecule has 0 bridgehead atoms. The van der Waals surface area contributed by atoms with E-state index in [1.54, 1.807) is 6.07 Å². The third kappa shape index (κ3) is 2.45. The van der Waals surface area contributed by atoms with Gasteiger partial charge in [0, 0.05) is 0 Å². The molecular formula is C12H7BrF2OS. The zero-order valence-electron chi connectivity index (χ0n) is 8.76. The lowest BCUT2D eigenvalue weighted by Gasteiger charge is -2.00. The van der Waals surface area contributed by atoms with Gasteiger partial charge < -0.3 is 0 Å². The monoisotopic (exact) mass is 316 g/mol. The van der Waals surface area contributed by atoms with Gasteiger partial charge >= 0.3 is 0 Å². The molecule has 0 unspecified atom stereocenters. The van der Waals surface area contributed by atoms with Gasteiger partial charge in [-0.1, -0.05) is 0 Å². The summed E-state index contributed by atoms with van der Waals surface area (Å²) in [6, 6.07) is 4.52. The van der Waals surface area contributed by atoms with Gasteiger partial charge in [0.2, 0.25) is 5.78 Å². The maximum absolute atomic E-state index is 13.4. The molecule has 0 N–H and O–H groups in total. The van der Waals surface area contributed by atoms with E-state index >= 15 is 0 Å². The third-order valence-electron chi connectivity index (χ3n) is 2.25. The molecule has 2 aromatic rings. The van der Waals surface area contributed by atoms with Crippen LogP contribution in [0.3, 0.4) is 0 Å². The summed E-state index contributed by atoms with van der Waals surface area (Å²) < 4.78 is 27.2. The van der Waals surface area contributed by atoms with Crippen LogP contribution < -0.4 is 0 Å². The van der Waals surface area contributed by atoms with Gasteiger partial charge in [0.05, 0.1) is 14.2 Å². The fourth-order valence-electron chi connectivity index (χ4n) is 1.38. The van der Waals surface area contributed by atoms with Crippen LogP contribution in [0.15, 0.2) is 28.1 Å². The Balaban J connectivity index is 2.47. The maximum atomic E-state index is 13.4. The van der Waals surface area contributed by atoms with Crippen molar-refractivity contribution in [1.82, 2.24) is 0 Å². The fourth-order valence-corrected chi connectivity index (χ4v) is 2.86. The van der Waals surface area contributed by atoms with Crippen molar-refractivity contribution in [2.45, 2.75) is 6.92 Å². The lowest BCUT2D eigenvalue weighted by molar-refractivity contribution is 0.103. The van der Waals surface area contributed by atoms with Crippen molar-refractivity contribution in [1.29, 1.82) is 0 Å². The van der Waals surface area contributed by atoms with Crippen molar-refractivity contribution in [3.05, 3.63) is 55.7 Å². The Kier molecular flexibility index (Phi) is 3.40. The molecule has 0 aliphatic carbocycles. The Hall–Kier alpha value is -1.07. The van der Waals surface area contributed by atoms with Crippen LogP contribution in [0.25, 0.3) is 0 Å². The average molecular weight is 317 g/mol. The van der Waals surface area contributed by atoms with Gasteiger partial charge in [-0.15, -0.1) is 11.3 Å². The van der Waals surface area contributed by atoms with Crippen LogP contribution in [0.1, 0.15) is 20.8 Å². The highest BCUT2D eigenvalue weighted by Gasteiger charge is 2.17. The Bertz CT molecular complexity index is 573. The van der Waals surface area contributed by atoms with Crippen LogP contribution in [0.4, 0.5) is 8.78 Å². The minimum Gasteiger partial charge on any atom is -0.288 e. The largest absolute Gasteiger partial charge is 0.288 e. The van der Waals surface area contributed by atoms with E-state index < -0.39 is 17.4 Å². The van der Waals surface area contributed by atoms with Gasteiger partial charge in [0.25, 0.3) is 0 Å². The van der Waals surface area contributed by atoms with Crippen LogP contribution in [0, 0.1) is 18.6 Å². The number of aryl methyl sites for hydroxylation is 1. The van der Waals surface area contributed by atoms with E-state index in [9.17, 15) is 13.6 Å². The highest BCUT2D eigenvalue weighted by atomic mass is 79.9. The Labute approximate surface area is 109 Å². The van der Waals surface area contributed by atoms with Crippen LogP contribution >= 0.6 is 27.3 Å². The molecule has 0 fully saturated rings. The van der Waals surface area contributed by atoms with Gasteiger partial charge in [-0.2, -0.15) is 0 Å². The molecule has 0 saturated heterocycles. The third-order valence-corrected chi connectivity index (χ3v) is 4.39. The normalized spacial score (nSPS) is 10.6. The highest BCUT2D eigenvalue weighted by molar-refractivity contribution is 9.11. The Morgan fingerprint density at radius 3 is 2.59 bits per heavy atom. The topological polar surface area (TPSA) is 17.1 Å². The second kappa shape index (κ2) is 4.66. The summed E-state index contributed by atoms with van der Waals surface area (Å²) in [5.41, 5.74) is 0.661. The maximum Gasteiger partial charge on any atom is 0.206 e. The van der Waals surface area contributed by atoms with Crippen molar-refractivity contribution < 1.29 is 13.6 Å². The molecule has 0 spiro atoms. The first-order chi connectivity index (χ1) is 7.99. The molecule has 0 radical (unpaired) electrons. The first-order valence-electron chi connectivity index (χ1n) is 4.74. The summed E-state index contributed by atoms with van der Waals surface area (Å²) in [5, 5.41) is 0. The second-order valence-corrected chi connectivity index (χ2v) is 5.89. The molecule has 0 saturated carbocycles.